The molecular weight excluding hydrogens is 240 g/mol. The van der Waals surface area contributed by atoms with Crippen LogP contribution in [0.3, 0.4) is 0 Å². The Balaban J connectivity index is 2.18. The number of ether oxygens (including phenoxy) is 1. The van der Waals surface area contributed by atoms with Gasteiger partial charge in [-0.05, 0) is 37.5 Å². The zero-order valence-electron chi connectivity index (χ0n) is 11.9. The minimum absolute atomic E-state index is 0.0799. The number of amides is 1. The summed E-state index contributed by atoms with van der Waals surface area (Å²) in [6.07, 6.45) is 1.84. The number of nitrogens with zero attached hydrogens (tertiary/aromatic N) is 1. The van der Waals surface area contributed by atoms with E-state index in [0.29, 0.717) is 0 Å². The van der Waals surface area contributed by atoms with Crippen LogP contribution in [0.1, 0.15) is 28.8 Å². The van der Waals surface area contributed by atoms with Gasteiger partial charge in [0.25, 0.3) is 5.91 Å². The average Bonchev–Trinajstić information content (AvgIpc) is 2.46. The molecule has 1 N–H and O–H groups in total. The first kappa shape index (κ1) is 13.9. The van der Waals surface area contributed by atoms with Crippen molar-refractivity contribution < 1.29 is 9.53 Å². The van der Waals surface area contributed by atoms with Crippen LogP contribution in [0.5, 0.6) is 0 Å². The number of carbonyl (C=O) groups excluding carboxylic acids is 1. The monoisotopic (exact) mass is 262 g/mol. The zero-order chi connectivity index (χ0) is 13.8. The van der Waals surface area contributed by atoms with E-state index in [0.717, 1.165) is 42.9 Å². The molecule has 19 heavy (non-hydrogen) atoms. The van der Waals surface area contributed by atoms with E-state index in [2.05, 4.69) is 5.32 Å². The molecule has 1 aromatic carbocycles. The minimum Gasteiger partial charge on any atom is -0.387 e. The third-order valence-electron chi connectivity index (χ3n) is 3.73. The Morgan fingerprint density at radius 2 is 2.05 bits per heavy atom. The predicted molar refractivity (Wildman–Crippen MR) is 76.7 cm³/mol. The molecule has 0 spiro atoms. The number of anilines is 1. The first-order valence-corrected chi connectivity index (χ1v) is 6.77. The Kier molecular flexibility index (Phi) is 4.43. The molecule has 1 aromatic rings. The Labute approximate surface area is 114 Å². The van der Waals surface area contributed by atoms with Crippen molar-refractivity contribution in [3.8, 4) is 0 Å². The van der Waals surface area contributed by atoms with E-state index in [1.54, 1.807) is 0 Å². The van der Waals surface area contributed by atoms with E-state index in [-0.39, 0.29) is 11.9 Å². The highest BCUT2D eigenvalue weighted by molar-refractivity contribution is 5.99. The van der Waals surface area contributed by atoms with Gasteiger partial charge in [-0.1, -0.05) is 6.07 Å². The molecule has 1 heterocycles. The Morgan fingerprint density at radius 3 is 2.68 bits per heavy atom. The maximum Gasteiger partial charge on any atom is 0.255 e. The van der Waals surface area contributed by atoms with Crippen LogP contribution in [-0.4, -0.2) is 44.2 Å². The second kappa shape index (κ2) is 6.06. The average molecular weight is 262 g/mol. The minimum atomic E-state index is 0.0799. The zero-order valence-corrected chi connectivity index (χ0v) is 11.9. The summed E-state index contributed by atoms with van der Waals surface area (Å²) in [5.41, 5.74) is 2.78. The van der Waals surface area contributed by atoms with Crippen molar-refractivity contribution in [2.75, 3.05) is 32.6 Å². The number of hydrogen-bond acceptors (Lipinski definition) is 3. The molecule has 0 bridgehead atoms. The summed E-state index contributed by atoms with van der Waals surface area (Å²) in [7, 11) is 3.73. The van der Waals surface area contributed by atoms with Gasteiger partial charge in [0.05, 0.1) is 5.56 Å². The second-order valence-corrected chi connectivity index (χ2v) is 5.06. The molecule has 0 unspecified atom stereocenters. The smallest absolute Gasteiger partial charge is 0.255 e. The molecule has 104 valence electrons. The number of benzene rings is 1. The summed E-state index contributed by atoms with van der Waals surface area (Å²) in [5.74, 6) is 0.0799. The van der Waals surface area contributed by atoms with Gasteiger partial charge in [0.2, 0.25) is 0 Å². The summed E-state index contributed by atoms with van der Waals surface area (Å²) in [6.45, 7) is 3.52. The van der Waals surface area contributed by atoms with E-state index in [4.69, 9.17) is 4.74 Å². The fraction of sp³-hybridized carbons (Fsp3) is 0.533. The maximum atomic E-state index is 12.6. The molecule has 2 rings (SSSR count). The van der Waals surface area contributed by atoms with Gasteiger partial charge in [0, 0.05) is 39.0 Å². The van der Waals surface area contributed by atoms with Gasteiger partial charge in [-0.3, -0.25) is 4.79 Å². The molecule has 1 saturated heterocycles. The van der Waals surface area contributed by atoms with E-state index < -0.39 is 0 Å². The molecule has 4 nitrogen and oxygen atoms in total. The molecule has 0 aliphatic carbocycles. The van der Waals surface area contributed by atoms with Gasteiger partial charge < -0.3 is 15.0 Å². The Morgan fingerprint density at radius 1 is 1.37 bits per heavy atom. The molecule has 1 fully saturated rings. The van der Waals surface area contributed by atoms with E-state index in [9.17, 15) is 4.79 Å². The van der Waals surface area contributed by atoms with Crippen molar-refractivity contribution in [1.29, 1.82) is 0 Å². The molecular formula is C15H22N2O2. The number of nitrogens with one attached hydrogen (secondary N) is 1. The molecule has 0 radical (unpaired) electrons. The van der Waals surface area contributed by atoms with Crippen LogP contribution in [0.15, 0.2) is 18.2 Å². The van der Waals surface area contributed by atoms with Crippen LogP contribution in [-0.2, 0) is 4.74 Å². The van der Waals surface area contributed by atoms with Crippen LogP contribution < -0.4 is 5.32 Å². The number of aryl methyl sites for hydroxylation is 1. The van der Waals surface area contributed by atoms with Crippen molar-refractivity contribution in [2.24, 2.45) is 0 Å². The second-order valence-electron chi connectivity index (χ2n) is 5.06. The van der Waals surface area contributed by atoms with E-state index in [1.807, 2.05) is 44.1 Å². The molecule has 0 aromatic heterocycles. The van der Waals surface area contributed by atoms with Crippen molar-refractivity contribution in [1.82, 2.24) is 4.90 Å². The fourth-order valence-corrected chi connectivity index (χ4v) is 2.48. The summed E-state index contributed by atoms with van der Waals surface area (Å²) in [5, 5.41) is 3.10. The SMILES string of the molecule is CNc1cc(C)ccc1C(=O)N(C)C1CCOCC1. The van der Waals surface area contributed by atoms with Gasteiger partial charge in [-0.25, -0.2) is 0 Å². The first-order chi connectivity index (χ1) is 9.13. The lowest BCUT2D eigenvalue weighted by Crippen LogP contribution is -2.40. The largest absolute Gasteiger partial charge is 0.387 e. The highest BCUT2D eigenvalue weighted by Gasteiger charge is 2.24. The van der Waals surface area contributed by atoms with Crippen molar-refractivity contribution in [3.05, 3.63) is 29.3 Å². The van der Waals surface area contributed by atoms with Crippen molar-refractivity contribution in [3.63, 3.8) is 0 Å². The topological polar surface area (TPSA) is 41.6 Å². The van der Waals surface area contributed by atoms with E-state index >= 15 is 0 Å². The lowest BCUT2D eigenvalue weighted by Gasteiger charge is -2.31. The predicted octanol–water partition coefficient (Wildman–Crippen LogP) is 2.29. The van der Waals surface area contributed by atoms with Crippen LogP contribution >= 0.6 is 0 Å². The van der Waals surface area contributed by atoms with Crippen LogP contribution in [0, 0.1) is 6.92 Å². The summed E-state index contributed by atoms with van der Waals surface area (Å²) < 4.78 is 5.35. The fourth-order valence-electron chi connectivity index (χ4n) is 2.48. The Hall–Kier alpha value is -1.55. The molecule has 1 aliphatic heterocycles. The van der Waals surface area contributed by atoms with Crippen molar-refractivity contribution >= 4 is 11.6 Å². The third-order valence-corrected chi connectivity index (χ3v) is 3.73. The van der Waals surface area contributed by atoms with E-state index in [1.165, 1.54) is 0 Å². The summed E-state index contributed by atoms with van der Waals surface area (Å²) >= 11 is 0. The highest BCUT2D eigenvalue weighted by Crippen LogP contribution is 2.21. The molecule has 0 saturated carbocycles. The molecule has 1 aliphatic rings. The lowest BCUT2D eigenvalue weighted by molar-refractivity contribution is 0.0362. The normalized spacial score (nSPS) is 16.2. The van der Waals surface area contributed by atoms with Gasteiger partial charge in [-0.2, -0.15) is 0 Å². The number of rotatable bonds is 3. The number of carbonyl (C=O) groups is 1. The van der Waals surface area contributed by atoms with Crippen LogP contribution in [0.2, 0.25) is 0 Å². The molecule has 1 amide bonds. The quantitative estimate of drug-likeness (QED) is 0.908. The first-order valence-electron chi connectivity index (χ1n) is 6.77. The standard InChI is InChI=1S/C15H22N2O2/c1-11-4-5-13(14(10-11)16-2)15(18)17(3)12-6-8-19-9-7-12/h4-5,10,12,16H,6-9H2,1-3H3. The Bertz CT molecular complexity index is 453. The van der Waals surface area contributed by atoms with Crippen molar-refractivity contribution in [2.45, 2.75) is 25.8 Å². The molecule has 0 atom stereocenters. The van der Waals surface area contributed by atoms with Crippen LogP contribution in [0.4, 0.5) is 5.69 Å². The molecule has 4 heteroatoms. The third kappa shape index (κ3) is 3.07. The lowest BCUT2D eigenvalue weighted by atomic mass is 10.0. The van der Waals surface area contributed by atoms with Gasteiger partial charge in [-0.15, -0.1) is 0 Å². The van der Waals surface area contributed by atoms with Gasteiger partial charge in [0.1, 0.15) is 0 Å². The van der Waals surface area contributed by atoms with Gasteiger partial charge >= 0.3 is 0 Å². The summed E-state index contributed by atoms with van der Waals surface area (Å²) in [6, 6.07) is 6.17. The maximum absolute atomic E-state index is 12.6. The highest BCUT2D eigenvalue weighted by atomic mass is 16.5. The van der Waals surface area contributed by atoms with Gasteiger partial charge in [0.15, 0.2) is 0 Å². The number of hydrogen-bond donors (Lipinski definition) is 1. The summed E-state index contributed by atoms with van der Waals surface area (Å²) in [4.78, 5) is 14.4. The van der Waals surface area contributed by atoms with Crippen LogP contribution in [0.25, 0.3) is 0 Å².